The molecule has 136 valence electrons. The smallest absolute Gasteiger partial charge is 0.256 e. The number of hydrogen-bond donors (Lipinski definition) is 1. The van der Waals surface area contributed by atoms with Crippen molar-refractivity contribution in [3.63, 3.8) is 0 Å². The van der Waals surface area contributed by atoms with E-state index in [-0.39, 0.29) is 11.9 Å². The monoisotopic (exact) mass is 354 g/mol. The van der Waals surface area contributed by atoms with Crippen molar-refractivity contribution in [3.05, 3.63) is 36.4 Å². The second-order valence-electron chi connectivity index (χ2n) is 6.64. The van der Waals surface area contributed by atoms with Crippen LogP contribution in [0.15, 0.2) is 30.9 Å². The van der Waals surface area contributed by atoms with E-state index in [4.69, 9.17) is 0 Å². The number of anilines is 1. The van der Waals surface area contributed by atoms with E-state index in [0.717, 1.165) is 25.3 Å². The van der Waals surface area contributed by atoms with Crippen LogP contribution in [0.4, 0.5) is 5.82 Å². The van der Waals surface area contributed by atoms with Gasteiger partial charge >= 0.3 is 0 Å². The Bertz CT molecular complexity index is 881. The van der Waals surface area contributed by atoms with Gasteiger partial charge in [0.05, 0.1) is 12.4 Å². The predicted octanol–water partition coefficient (Wildman–Crippen LogP) is 1.13. The van der Waals surface area contributed by atoms with Gasteiger partial charge in [0.1, 0.15) is 11.4 Å². The maximum absolute atomic E-state index is 12.7. The summed E-state index contributed by atoms with van der Waals surface area (Å²) in [4.78, 5) is 19.6. The summed E-state index contributed by atoms with van der Waals surface area (Å²) in [6.07, 6.45) is 10.0. The van der Waals surface area contributed by atoms with Gasteiger partial charge in [0.15, 0.2) is 5.65 Å². The molecule has 3 aromatic heterocycles. The van der Waals surface area contributed by atoms with Crippen LogP contribution in [-0.4, -0.2) is 54.6 Å². The van der Waals surface area contributed by atoms with E-state index in [2.05, 4.69) is 30.6 Å². The maximum Gasteiger partial charge on any atom is 0.256 e. The van der Waals surface area contributed by atoms with E-state index >= 15 is 0 Å². The molecule has 1 amide bonds. The molecular formula is C17H22N8O. The molecule has 9 nitrogen and oxygen atoms in total. The number of aryl methyl sites for hydroxylation is 1. The Labute approximate surface area is 151 Å². The summed E-state index contributed by atoms with van der Waals surface area (Å²) in [6.45, 7) is 4.70. The minimum Gasteiger partial charge on any atom is -0.357 e. The molecule has 9 heteroatoms. The lowest BCUT2D eigenvalue weighted by Gasteiger charge is -2.16. The maximum atomic E-state index is 12.7. The zero-order valence-corrected chi connectivity index (χ0v) is 14.7. The molecule has 26 heavy (non-hydrogen) atoms. The zero-order chi connectivity index (χ0) is 17.9. The molecule has 0 aromatic carbocycles. The quantitative estimate of drug-likeness (QED) is 0.713. The Balaban J connectivity index is 1.46. The van der Waals surface area contributed by atoms with Crippen LogP contribution in [-0.2, 0) is 6.54 Å². The number of carbonyl (C=O) groups is 1. The van der Waals surface area contributed by atoms with E-state index in [0.29, 0.717) is 17.8 Å². The SMILES string of the molecule is CC(CCn1ccnn1)NC(=O)c1cnn2ccc(N3CCCC3)nc12. The Hall–Kier alpha value is -2.97. The third kappa shape index (κ3) is 3.37. The van der Waals surface area contributed by atoms with Crippen molar-refractivity contribution in [2.45, 2.75) is 38.8 Å². The standard InChI is InChI=1S/C17H22N8O/c1-13(4-9-24-11-6-18-22-24)20-17(26)14-12-19-25-10-5-15(21-16(14)25)23-7-2-3-8-23/h5-6,10-13H,2-4,7-9H2,1H3,(H,20,26). The average molecular weight is 354 g/mol. The highest BCUT2D eigenvalue weighted by molar-refractivity contribution is 5.99. The van der Waals surface area contributed by atoms with Gasteiger partial charge in [-0.25, -0.2) is 9.50 Å². The van der Waals surface area contributed by atoms with Crippen LogP contribution >= 0.6 is 0 Å². The van der Waals surface area contributed by atoms with Crippen molar-refractivity contribution in [1.29, 1.82) is 0 Å². The fourth-order valence-electron chi connectivity index (χ4n) is 3.19. The first-order chi connectivity index (χ1) is 12.7. The van der Waals surface area contributed by atoms with Gasteiger partial charge in [-0.1, -0.05) is 5.21 Å². The summed E-state index contributed by atoms with van der Waals surface area (Å²) in [7, 11) is 0. The molecule has 4 rings (SSSR count). The third-order valence-electron chi connectivity index (χ3n) is 4.67. The van der Waals surface area contributed by atoms with Gasteiger partial charge in [-0.2, -0.15) is 5.10 Å². The lowest BCUT2D eigenvalue weighted by Crippen LogP contribution is -2.33. The van der Waals surface area contributed by atoms with Gasteiger partial charge in [0.25, 0.3) is 5.91 Å². The van der Waals surface area contributed by atoms with Crippen LogP contribution in [0, 0.1) is 0 Å². The fourth-order valence-corrected chi connectivity index (χ4v) is 3.19. The normalized spacial score (nSPS) is 15.5. The van der Waals surface area contributed by atoms with E-state index < -0.39 is 0 Å². The van der Waals surface area contributed by atoms with Gasteiger partial charge < -0.3 is 10.2 Å². The molecule has 1 fully saturated rings. The predicted molar refractivity (Wildman–Crippen MR) is 96.0 cm³/mol. The van der Waals surface area contributed by atoms with Crippen molar-refractivity contribution in [3.8, 4) is 0 Å². The average Bonchev–Trinajstić information content (AvgIpc) is 3.40. The highest BCUT2D eigenvalue weighted by atomic mass is 16.1. The van der Waals surface area contributed by atoms with Crippen molar-refractivity contribution >= 4 is 17.4 Å². The molecule has 0 radical (unpaired) electrons. The minimum absolute atomic E-state index is 0.00316. The van der Waals surface area contributed by atoms with E-state index in [9.17, 15) is 4.79 Å². The summed E-state index contributed by atoms with van der Waals surface area (Å²) in [5, 5.41) is 15.0. The molecule has 0 spiro atoms. The molecule has 1 aliphatic heterocycles. The molecule has 1 aliphatic rings. The summed E-state index contributed by atoms with van der Waals surface area (Å²) in [5.74, 6) is 0.751. The Kier molecular flexibility index (Phi) is 4.51. The van der Waals surface area contributed by atoms with Crippen LogP contribution in [0.2, 0.25) is 0 Å². The molecule has 4 heterocycles. The van der Waals surface area contributed by atoms with Crippen molar-refractivity contribution in [2.24, 2.45) is 0 Å². The highest BCUT2D eigenvalue weighted by Gasteiger charge is 2.19. The molecule has 0 bridgehead atoms. The van der Waals surface area contributed by atoms with Crippen LogP contribution in [0.1, 0.15) is 36.5 Å². The van der Waals surface area contributed by atoms with E-state index in [1.165, 1.54) is 12.8 Å². The Morgan fingerprint density at radius 1 is 1.31 bits per heavy atom. The lowest BCUT2D eigenvalue weighted by atomic mass is 10.2. The first-order valence-electron chi connectivity index (χ1n) is 8.95. The number of rotatable bonds is 6. The first-order valence-corrected chi connectivity index (χ1v) is 8.95. The van der Waals surface area contributed by atoms with Crippen molar-refractivity contribution in [2.75, 3.05) is 18.0 Å². The van der Waals surface area contributed by atoms with Crippen molar-refractivity contribution in [1.82, 2.24) is 34.9 Å². The summed E-state index contributed by atoms with van der Waals surface area (Å²) in [5.41, 5.74) is 1.09. The molecule has 1 N–H and O–H groups in total. The minimum atomic E-state index is -0.155. The van der Waals surface area contributed by atoms with Gasteiger partial charge in [-0.15, -0.1) is 5.10 Å². The number of carbonyl (C=O) groups excluding carboxylic acids is 1. The van der Waals surface area contributed by atoms with Crippen molar-refractivity contribution < 1.29 is 4.79 Å². The summed E-state index contributed by atoms with van der Waals surface area (Å²) >= 11 is 0. The molecule has 1 atom stereocenters. The molecule has 3 aromatic rings. The number of amides is 1. The number of nitrogens with zero attached hydrogens (tertiary/aromatic N) is 7. The molecule has 1 saturated heterocycles. The second-order valence-corrected chi connectivity index (χ2v) is 6.64. The summed E-state index contributed by atoms with van der Waals surface area (Å²) < 4.78 is 3.40. The third-order valence-corrected chi connectivity index (χ3v) is 4.67. The van der Waals surface area contributed by atoms with E-state index in [1.54, 1.807) is 21.6 Å². The largest absolute Gasteiger partial charge is 0.357 e. The number of fused-ring (bicyclic) bond motifs is 1. The Morgan fingerprint density at radius 2 is 2.15 bits per heavy atom. The fraction of sp³-hybridized carbons (Fsp3) is 0.471. The number of aromatic nitrogens is 6. The van der Waals surface area contributed by atoms with Gasteiger partial charge in [-0.05, 0) is 32.3 Å². The first kappa shape index (κ1) is 16.5. The highest BCUT2D eigenvalue weighted by Crippen LogP contribution is 2.19. The van der Waals surface area contributed by atoms with Gasteiger partial charge in [0, 0.05) is 38.1 Å². The van der Waals surface area contributed by atoms with Crippen LogP contribution in [0.5, 0.6) is 0 Å². The molecule has 0 saturated carbocycles. The second kappa shape index (κ2) is 7.11. The molecule has 1 unspecified atom stereocenters. The van der Waals surface area contributed by atoms with Crippen LogP contribution in [0.25, 0.3) is 5.65 Å². The van der Waals surface area contributed by atoms with Crippen LogP contribution in [0.3, 0.4) is 0 Å². The van der Waals surface area contributed by atoms with Gasteiger partial charge in [-0.3, -0.25) is 9.48 Å². The zero-order valence-electron chi connectivity index (χ0n) is 14.7. The molecular weight excluding hydrogens is 332 g/mol. The Morgan fingerprint density at radius 3 is 2.92 bits per heavy atom. The summed E-state index contributed by atoms with van der Waals surface area (Å²) in [6, 6.07) is 1.96. The van der Waals surface area contributed by atoms with Gasteiger partial charge in [0.2, 0.25) is 0 Å². The molecule has 0 aliphatic carbocycles. The van der Waals surface area contributed by atoms with Crippen LogP contribution < -0.4 is 10.2 Å². The number of hydrogen-bond acceptors (Lipinski definition) is 6. The lowest BCUT2D eigenvalue weighted by molar-refractivity contribution is 0.0938. The number of nitrogens with one attached hydrogen (secondary N) is 1. The topological polar surface area (TPSA) is 93.2 Å². The van der Waals surface area contributed by atoms with E-state index in [1.807, 2.05) is 25.4 Å².